The van der Waals surface area contributed by atoms with Gasteiger partial charge < -0.3 is 14.7 Å². The molecule has 4 rings (SSSR count). The lowest BCUT2D eigenvalue weighted by atomic mass is 9.74. The normalized spacial score (nSPS) is 23.3. The first-order valence-corrected chi connectivity index (χ1v) is 11.1. The van der Waals surface area contributed by atoms with Crippen LogP contribution in [0.25, 0.3) is 0 Å². The first-order valence-electron chi connectivity index (χ1n) is 11.1. The Labute approximate surface area is 184 Å². The quantitative estimate of drug-likeness (QED) is 0.766. The maximum absolute atomic E-state index is 13.4. The number of likely N-dealkylation sites (tertiary alicyclic amines) is 1. The van der Waals surface area contributed by atoms with E-state index < -0.39 is 5.41 Å². The van der Waals surface area contributed by atoms with Gasteiger partial charge in [0, 0.05) is 58.0 Å². The average Bonchev–Trinajstić information content (AvgIpc) is 3.01. The predicted molar refractivity (Wildman–Crippen MR) is 122 cm³/mol. The molecule has 2 aliphatic heterocycles. The Bertz CT molecular complexity index is 954. The molecule has 6 heteroatoms. The molecule has 0 saturated carbocycles. The van der Waals surface area contributed by atoms with Gasteiger partial charge in [0.1, 0.15) is 5.82 Å². The highest BCUT2D eigenvalue weighted by Crippen LogP contribution is 2.45. The van der Waals surface area contributed by atoms with Crippen molar-refractivity contribution in [3.8, 4) is 0 Å². The smallest absolute Gasteiger partial charge is 0.253 e. The number of fused-ring (bicyclic) bond motifs is 1. The minimum atomic E-state index is -0.488. The van der Waals surface area contributed by atoms with Crippen molar-refractivity contribution in [3.05, 3.63) is 59.3 Å². The summed E-state index contributed by atoms with van der Waals surface area (Å²) in [6, 6.07) is 11.9. The standard InChI is InChI=1S/C25H32N4O2/c1-18-12-19(2)14-20(13-18)23(30)28-11-7-9-25(24(31)27(3)4)17-29(16-21(25)15-28)22-8-5-6-10-26-22/h5-6,8,10,12-14,21H,7,9,11,15-17H2,1-4H3/t21-,25-/m0/s1. The zero-order valence-corrected chi connectivity index (χ0v) is 19.0. The SMILES string of the molecule is Cc1cc(C)cc(C(=O)N2CCC[C@]3(C(=O)N(C)C)CN(c4ccccn4)C[C@@H]3C2)c1. The zero-order valence-electron chi connectivity index (χ0n) is 19.0. The van der Waals surface area contributed by atoms with Crippen molar-refractivity contribution >= 4 is 17.6 Å². The Morgan fingerprint density at radius 2 is 1.84 bits per heavy atom. The molecule has 0 radical (unpaired) electrons. The van der Waals surface area contributed by atoms with Gasteiger partial charge in [-0.2, -0.15) is 0 Å². The number of rotatable bonds is 3. The number of amides is 2. The van der Waals surface area contributed by atoms with Crippen LogP contribution in [0.3, 0.4) is 0 Å². The summed E-state index contributed by atoms with van der Waals surface area (Å²) in [4.78, 5) is 37.3. The average molecular weight is 421 g/mol. The molecule has 2 aliphatic rings. The molecule has 2 atom stereocenters. The monoisotopic (exact) mass is 420 g/mol. The number of pyridine rings is 1. The van der Waals surface area contributed by atoms with E-state index in [2.05, 4.69) is 16.0 Å². The van der Waals surface area contributed by atoms with Crippen molar-refractivity contribution in [1.29, 1.82) is 0 Å². The van der Waals surface area contributed by atoms with E-state index in [0.29, 0.717) is 19.6 Å². The topological polar surface area (TPSA) is 56.8 Å². The van der Waals surface area contributed by atoms with Gasteiger partial charge in [-0.15, -0.1) is 0 Å². The Balaban J connectivity index is 1.65. The van der Waals surface area contributed by atoms with Gasteiger partial charge in [-0.05, 0) is 51.0 Å². The van der Waals surface area contributed by atoms with E-state index in [9.17, 15) is 9.59 Å². The maximum atomic E-state index is 13.4. The number of carbonyl (C=O) groups excluding carboxylic acids is 2. The summed E-state index contributed by atoms with van der Waals surface area (Å²) in [5.41, 5.74) is 2.44. The highest BCUT2D eigenvalue weighted by molar-refractivity contribution is 5.95. The van der Waals surface area contributed by atoms with Crippen LogP contribution >= 0.6 is 0 Å². The Morgan fingerprint density at radius 3 is 2.48 bits per heavy atom. The summed E-state index contributed by atoms with van der Waals surface area (Å²) >= 11 is 0. The number of hydrogen-bond donors (Lipinski definition) is 0. The fraction of sp³-hybridized carbons (Fsp3) is 0.480. The van der Waals surface area contributed by atoms with Crippen LogP contribution < -0.4 is 4.90 Å². The van der Waals surface area contributed by atoms with Crippen LogP contribution in [-0.4, -0.2) is 66.9 Å². The molecule has 0 bridgehead atoms. The molecule has 31 heavy (non-hydrogen) atoms. The van der Waals surface area contributed by atoms with Crippen LogP contribution in [0.15, 0.2) is 42.6 Å². The molecule has 0 aliphatic carbocycles. The van der Waals surface area contributed by atoms with E-state index in [-0.39, 0.29) is 17.7 Å². The van der Waals surface area contributed by atoms with Gasteiger partial charge in [-0.3, -0.25) is 9.59 Å². The molecule has 0 N–H and O–H groups in total. The van der Waals surface area contributed by atoms with Gasteiger partial charge in [0.2, 0.25) is 5.91 Å². The molecule has 2 saturated heterocycles. The van der Waals surface area contributed by atoms with Crippen LogP contribution in [0.4, 0.5) is 5.82 Å². The van der Waals surface area contributed by atoms with Gasteiger partial charge in [-0.25, -0.2) is 4.98 Å². The molecule has 0 unspecified atom stereocenters. The minimum absolute atomic E-state index is 0.0659. The van der Waals surface area contributed by atoms with E-state index >= 15 is 0 Å². The second kappa shape index (κ2) is 8.33. The van der Waals surface area contributed by atoms with Crippen LogP contribution in [0.5, 0.6) is 0 Å². The number of benzene rings is 1. The summed E-state index contributed by atoms with van der Waals surface area (Å²) in [6.45, 7) is 6.71. The van der Waals surface area contributed by atoms with Gasteiger partial charge in [0.15, 0.2) is 0 Å². The molecule has 2 aromatic rings. The fourth-order valence-electron chi connectivity index (χ4n) is 5.41. The summed E-state index contributed by atoms with van der Waals surface area (Å²) in [7, 11) is 3.67. The molecule has 2 fully saturated rings. The summed E-state index contributed by atoms with van der Waals surface area (Å²) < 4.78 is 0. The number of nitrogens with zero attached hydrogens (tertiary/aromatic N) is 4. The molecule has 2 amide bonds. The van der Waals surface area contributed by atoms with Crippen molar-refractivity contribution in [2.45, 2.75) is 26.7 Å². The Morgan fingerprint density at radius 1 is 1.10 bits per heavy atom. The summed E-state index contributed by atoms with van der Waals surface area (Å²) in [5.74, 6) is 1.20. The number of aromatic nitrogens is 1. The lowest BCUT2D eigenvalue weighted by molar-refractivity contribution is -0.141. The second-order valence-electron chi connectivity index (χ2n) is 9.35. The van der Waals surface area contributed by atoms with Gasteiger partial charge in [-0.1, -0.05) is 23.3 Å². The number of carbonyl (C=O) groups is 2. The maximum Gasteiger partial charge on any atom is 0.253 e. The number of anilines is 1. The molecule has 0 spiro atoms. The van der Waals surface area contributed by atoms with E-state index in [1.807, 2.05) is 63.2 Å². The number of aryl methyl sites for hydroxylation is 2. The van der Waals surface area contributed by atoms with E-state index in [0.717, 1.165) is 41.9 Å². The lowest BCUT2D eigenvalue weighted by Gasteiger charge is -2.34. The third-order valence-corrected chi connectivity index (χ3v) is 6.75. The number of hydrogen-bond acceptors (Lipinski definition) is 4. The largest absolute Gasteiger partial charge is 0.355 e. The van der Waals surface area contributed by atoms with Crippen molar-refractivity contribution in [2.24, 2.45) is 11.3 Å². The molecule has 6 nitrogen and oxygen atoms in total. The van der Waals surface area contributed by atoms with Gasteiger partial charge >= 0.3 is 0 Å². The second-order valence-corrected chi connectivity index (χ2v) is 9.35. The fourth-order valence-corrected chi connectivity index (χ4v) is 5.41. The van der Waals surface area contributed by atoms with Crippen molar-refractivity contribution < 1.29 is 9.59 Å². The third-order valence-electron chi connectivity index (χ3n) is 6.75. The van der Waals surface area contributed by atoms with Crippen molar-refractivity contribution in [1.82, 2.24) is 14.8 Å². The Kier molecular flexibility index (Phi) is 5.73. The molecular weight excluding hydrogens is 388 g/mol. The molecular formula is C25H32N4O2. The Hall–Kier alpha value is -2.89. The predicted octanol–water partition coefficient (Wildman–Crippen LogP) is 3.15. The first kappa shape index (κ1) is 21.3. The highest BCUT2D eigenvalue weighted by atomic mass is 16.2. The molecule has 164 valence electrons. The van der Waals surface area contributed by atoms with E-state index in [4.69, 9.17) is 0 Å². The molecule has 3 heterocycles. The first-order chi connectivity index (χ1) is 14.8. The summed E-state index contributed by atoms with van der Waals surface area (Å²) in [6.07, 6.45) is 3.40. The van der Waals surface area contributed by atoms with E-state index in [1.165, 1.54) is 0 Å². The lowest BCUT2D eigenvalue weighted by Crippen LogP contribution is -2.47. The van der Waals surface area contributed by atoms with Crippen LogP contribution in [0, 0.1) is 25.2 Å². The zero-order chi connectivity index (χ0) is 22.2. The molecule has 1 aromatic heterocycles. The van der Waals surface area contributed by atoms with Crippen molar-refractivity contribution in [3.63, 3.8) is 0 Å². The minimum Gasteiger partial charge on any atom is -0.355 e. The van der Waals surface area contributed by atoms with Gasteiger partial charge in [0.25, 0.3) is 5.91 Å². The highest BCUT2D eigenvalue weighted by Gasteiger charge is 2.54. The van der Waals surface area contributed by atoms with Crippen LogP contribution in [0.2, 0.25) is 0 Å². The van der Waals surface area contributed by atoms with Crippen LogP contribution in [0.1, 0.15) is 34.3 Å². The summed E-state index contributed by atoms with van der Waals surface area (Å²) in [5, 5.41) is 0. The molecule has 1 aromatic carbocycles. The van der Waals surface area contributed by atoms with E-state index in [1.54, 1.807) is 11.1 Å². The van der Waals surface area contributed by atoms with Crippen LogP contribution in [-0.2, 0) is 4.79 Å². The van der Waals surface area contributed by atoms with Gasteiger partial charge in [0.05, 0.1) is 5.41 Å². The van der Waals surface area contributed by atoms with Crippen molar-refractivity contribution in [2.75, 3.05) is 45.2 Å². The third kappa shape index (κ3) is 4.03.